The number of nitrogens with zero attached hydrogens (tertiary/aromatic N) is 1. The largest absolute Gasteiger partial charge is 0.508 e. The fourth-order valence-corrected chi connectivity index (χ4v) is 2.70. The summed E-state index contributed by atoms with van der Waals surface area (Å²) < 4.78 is 0. The lowest BCUT2D eigenvalue weighted by molar-refractivity contribution is -0.122. The quantitative estimate of drug-likeness (QED) is 0.752. The van der Waals surface area contributed by atoms with E-state index in [0.29, 0.717) is 13.0 Å². The molecule has 5 nitrogen and oxygen atoms in total. The number of nitrogens with two attached hydrogens (primary N) is 1. The summed E-state index contributed by atoms with van der Waals surface area (Å²) in [5, 5.41) is 15.0. The molecule has 1 amide bonds. The number of carbonyl (C=O) groups is 1. The van der Waals surface area contributed by atoms with Crippen LogP contribution in [-0.4, -0.2) is 28.6 Å². The second-order valence-corrected chi connectivity index (χ2v) is 5.84. The van der Waals surface area contributed by atoms with Gasteiger partial charge in [0.25, 0.3) is 0 Å². The molecule has 0 aliphatic heterocycles. The van der Waals surface area contributed by atoms with Crippen molar-refractivity contribution < 1.29 is 9.90 Å². The molecule has 2 aromatic rings. The molecule has 21 heavy (non-hydrogen) atoms. The number of aromatic nitrogens is 1. The van der Waals surface area contributed by atoms with E-state index in [1.807, 2.05) is 12.3 Å². The van der Waals surface area contributed by atoms with Gasteiger partial charge in [-0.3, -0.25) is 4.79 Å². The summed E-state index contributed by atoms with van der Waals surface area (Å²) in [7, 11) is 0. The van der Waals surface area contributed by atoms with Crippen molar-refractivity contribution in [2.24, 2.45) is 5.73 Å². The van der Waals surface area contributed by atoms with Gasteiger partial charge < -0.3 is 16.2 Å². The van der Waals surface area contributed by atoms with E-state index in [1.54, 1.807) is 35.6 Å². The third-order valence-corrected chi connectivity index (χ3v) is 4.06. The Morgan fingerprint density at radius 2 is 2.14 bits per heavy atom. The predicted molar refractivity (Wildman–Crippen MR) is 83.4 cm³/mol. The van der Waals surface area contributed by atoms with Crippen LogP contribution in [0, 0.1) is 6.92 Å². The van der Waals surface area contributed by atoms with Crippen molar-refractivity contribution in [1.82, 2.24) is 10.3 Å². The number of hydrogen-bond acceptors (Lipinski definition) is 5. The van der Waals surface area contributed by atoms with Gasteiger partial charge in [0.1, 0.15) is 5.75 Å². The first-order chi connectivity index (χ1) is 10.0. The number of phenolic OH excluding ortho intramolecular Hbond substituents is 1. The van der Waals surface area contributed by atoms with Crippen molar-refractivity contribution in [3.05, 3.63) is 45.9 Å². The van der Waals surface area contributed by atoms with Crippen molar-refractivity contribution in [3.8, 4) is 5.75 Å². The fraction of sp³-hybridized carbons (Fsp3) is 0.333. The van der Waals surface area contributed by atoms with Gasteiger partial charge in [0.05, 0.1) is 11.0 Å². The minimum Gasteiger partial charge on any atom is -0.508 e. The molecule has 0 radical (unpaired) electrons. The van der Waals surface area contributed by atoms with Crippen LogP contribution in [0.4, 0.5) is 0 Å². The van der Waals surface area contributed by atoms with Gasteiger partial charge in [-0.25, -0.2) is 4.98 Å². The zero-order valence-electron chi connectivity index (χ0n) is 11.9. The van der Waals surface area contributed by atoms with Gasteiger partial charge in [-0.2, -0.15) is 0 Å². The molecule has 6 heteroatoms. The first-order valence-electron chi connectivity index (χ1n) is 6.77. The minimum absolute atomic E-state index is 0.170. The molecule has 0 saturated carbocycles. The number of hydrogen-bond donors (Lipinski definition) is 3. The van der Waals surface area contributed by atoms with Crippen LogP contribution >= 0.6 is 11.3 Å². The Labute approximate surface area is 127 Å². The van der Waals surface area contributed by atoms with Crippen LogP contribution in [-0.2, 0) is 17.6 Å². The number of amides is 1. The Bertz CT molecular complexity index is 595. The van der Waals surface area contributed by atoms with Crippen LogP contribution in [0.3, 0.4) is 0 Å². The number of phenols is 1. The maximum absolute atomic E-state index is 11.9. The molecule has 0 bridgehead atoms. The SMILES string of the molecule is Cc1csc(CCNC(=O)[C@H](N)Cc2ccc(O)cc2)n1. The maximum atomic E-state index is 11.9. The average molecular weight is 305 g/mol. The lowest BCUT2D eigenvalue weighted by atomic mass is 10.1. The molecule has 2 rings (SSSR count). The molecule has 0 fully saturated rings. The van der Waals surface area contributed by atoms with Crippen molar-refractivity contribution in [2.45, 2.75) is 25.8 Å². The van der Waals surface area contributed by atoms with E-state index in [1.165, 1.54) is 0 Å². The van der Waals surface area contributed by atoms with Gasteiger partial charge in [0.2, 0.25) is 5.91 Å². The van der Waals surface area contributed by atoms with Gasteiger partial charge in [-0.05, 0) is 31.0 Å². The molecule has 1 atom stereocenters. The summed E-state index contributed by atoms with van der Waals surface area (Å²) in [6.07, 6.45) is 1.17. The Morgan fingerprint density at radius 1 is 1.43 bits per heavy atom. The van der Waals surface area contributed by atoms with Crippen molar-refractivity contribution in [3.63, 3.8) is 0 Å². The molecule has 1 aromatic carbocycles. The molecule has 112 valence electrons. The van der Waals surface area contributed by atoms with Crippen LogP contribution in [0.25, 0.3) is 0 Å². The monoisotopic (exact) mass is 305 g/mol. The Balaban J connectivity index is 1.75. The standard InChI is InChI=1S/C15H19N3O2S/c1-10-9-21-14(18-10)6-7-17-15(20)13(16)8-11-2-4-12(19)5-3-11/h2-5,9,13,19H,6-8,16H2,1H3,(H,17,20)/t13-/m1/s1. The van der Waals surface area contributed by atoms with Crippen LogP contribution < -0.4 is 11.1 Å². The van der Waals surface area contributed by atoms with Gasteiger partial charge in [-0.1, -0.05) is 12.1 Å². The topological polar surface area (TPSA) is 88.2 Å². The van der Waals surface area contributed by atoms with E-state index in [9.17, 15) is 9.90 Å². The van der Waals surface area contributed by atoms with E-state index in [-0.39, 0.29) is 11.7 Å². The maximum Gasteiger partial charge on any atom is 0.237 e. The van der Waals surface area contributed by atoms with E-state index in [2.05, 4.69) is 10.3 Å². The number of rotatable bonds is 6. The molecule has 0 spiro atoms. The van der Waals surface area contributed by atoms with Crippen molar-refractivity contribution in [2.75, 3.05) is 6.54 Å². The lowest BCUT2D eigenvalue weighted by Crippen LogP contribution is -2.42. The number of carbonyl (C=O) groups excluding carboxylic acids is 1. The summed E-state index contributed by atoms with van der Waals surface area (Å²) in [6, 6.07) is 6.12. The average Bonchev–Trinajstić information content (AvgIpc) is 2.87. The Morgan fingerprint density at radius 3 is 2.76 bits per heavy atom. The summed E-state index contributed by atoms with van der Waals surface area (Å²) >= 11 is 1.60. The molecule has 4 N–H and O–H groups in total. The van der Waals surface area contributed by atoms with E-state index in [0.717, 1.165) is 22.7 Å². The minimum atomic E-state index is -0.590. The highest BCUT2D eigenvalue weighted by Crippen LogP contribution is 2.11. The van der Waals surface area contributed by atoms with Crippen molar-refractivity contribution in [1.29, 1.82) is 0 Å². The summed E-state index contributed by atoms with van der Waals surface area (Å²) in [4.78, 5) is 16.2. The van der Waals surface area contributed by atoms with Gasteiger partial charge in [0.15, 0.2) is 0 Å². The van der Waals surface area contributed by atoms with Crippen LogP contribution in [0.1, 0.15) is 16.3 Å². The number of aryl methyl sites for hydroxylation is 1. The molecule has 1 aromatic heterocycles. The summed E-state index contributed by atoms with van der Waals surface area (Å²) in [5.74, 6) is 0.0341. The molecule has 1 heterocycles. The third-order valence-electron chi connectivity index (χ3n) is 3.03. The molecule has 0 aliphatic rings. The van der Waals surface area contributed by atoms with E-state index >= 15 is 0 Å². The predicted octanol–water partition coefficient (Wildman–Crippen LogP) is 1.39. The second kappa shape index (κ2) is 7.19. The zero-order valence-corrected chi connectivity index (χ0v) is 12.7. The lowest BCUT2D eigenvalue weighted by Gasteiger charge is -2.12. The molecule has 0 unspecified atom stereocenters. The highest BCUT2D eigenvalue weighted by atomic mass is 32.1. The van der Waals surface area contributed by atoms with Gasteiger partial charge >= 0.3 is 0 Å². The first-order valence-corrected chi connectivity index (χ1v) is 7.65. The summed E-state index contributed by atoms with van der Waals surface area (Å²) in [5.41, 5.74) is 7.81. The molecular weight excluding hydrogens is 286 g/mol. The Kier molecular flexibility index (Phi) is 5.30. The van der Waals surface area contributed by atoms with Crippen LogP contribution in [0.5, 0.6) is 5.75 Å². The number of aromatic hydroxyl groups is 1. The third kappa shape index (κ3) is 4.84. The summed E-state index contributed by atoms with van der Waals surface area (Å²) in [6.45, 7) is 2.49. The smallest absolute Gasteiger partial charge is 0.237 e. The normalized spacial score (nSPS) is 12.1. The molecule has 0 aliphatic carbocycles. The Hall–Kier alpha value is -1.92. The number of benzene rings is 1. The molecule has 0 saturated heterocycles. The van der Waals surface area contributed by atoms with Crippen LogP contribution in [0.2, 0.25) is 0 Å². The zero-order chi connectivity index (χ0) is 15.2. The van der Waals surface area contributed by atoms with E-state index < -0.39 is 6.04 Å². The highest BCUT2D eigenvalue weighted by Gasteiger charge is 2.13. The number of thiazole rings is 1. The first kappa shape index (κ1) is 15.5. The fourth-order valence-electron chi connectivity index (χ4n) is 1.92. The highest BCUT2D eigenvalue weighted by molar-refractivity contribution is 7.09. The van der Waals surface area contributed by atoms with Crippen molar-refractivity contribution >= 4 is 17.2 Å². The number of nitrogens with one attached hydrogen (secondary N) is 1. The van der Waals surface area contributed by atoms with Crippen LogP contribution in [0.15, 0.2) is 29.6 Å². The van der Waals surface area contributed by atoms with E-state index in [4.69, 9.17) is 5.73 Å². The molecular formula is C15H19N3O2S. The van der Waals surface area contributed by atoms with Gasteiger partial charge in [0, 0.05) is 24.0 Å². The second-order valence-electron chi connectivity index (χ2n) is 4.90. The van der Waals surface area contributed by atoms with Gasteiger partial charge in [-0.15, -0.1) is 11.3 Å².